The van der Waals surface area contributed by atoms with Gasteiger partial charge in [0.2, 0.25) is 0 Å². The first kappa shape index (κ1) is 12.1. The van der Waals surface area contributed by atoms with Crippen molar-refractivity contribution in [2.75, 3.05) is 0 Å². The Hall–Kier alpha value is -1.02. The van der Waals surface area contributed by atoms with Gasteiger partial charge in [0.1, 0.15) is 5.75 Å². The van der Waals surface area contributed by atoms with E-state index in [9.17, 15) is 10.2 Å². The third-order valence-electron chi connectivity index (χ3n) is 2.70. The minimum Gasteiger partial charge on any atom is -0.508 e. The van der Waals surface area contributed by atoms with Gasteiger partial charge in [0.15, 0.2) is 0 Å². The fourth-order valence-corrected chi connectivity index (χ4v) is 1.89. The van der Waals surface area contributed by atoms with E-state index in [1.54, 1.807) is 18.2 Å². The first-order valence-corrected chi connectivity index (χ1v) is 5.61. The highest BCUT2D eigenvalue weighted by molar-refractivity contribution is 5.33. The van der Waals surface area contributed by atoms with Crippen molar-refractivity contribution in [1.29, 1.82) is 0 Å². The van der Waals surface area contributed by atoms with Gasteiger partial charge in [-0.3, -0.25) is 0 Å². The van der Waals surface area contributed by atoms with Crippen LogP contribution in [0.2, 0.25) is 0 Å². The second-order valence-electron chi connectivity index (χ2n) is 4.20. The van der Waals surface area contributed by atoms with Crippen molar-refractivity contribution >= 4 is 0 Å². The zero-order valence-electron chi connectivity index (χ0n) is 9.48. The van der Waals surface area contributed by atoms with Crippen molar-refractivity contribution < 1.29 is 10.2 Å². The molecule has 2 heteroatoms. The van der Waals surface area contributed by atoms with Crippen LogP contribution in [0.15, 0.2) is 24.3 Å². The number of rotatable bonds is 5. The minimum atomic E-state index is -0.548. The first-order valence-electron chi connectivity index (χ1n) is 5.61. The van der Waals surface area contributed by atoms with Crippen molar-refractivity contribution in [3.05, 3.63) is 29.8 Å². The largest absolute Gasteiger partial charge is 0.508 e. The van der Waals surface area contributed by atoms with Crippen molar-refractivity contribution in [2.45, 2.75) is 39.2 Å². The average Bonchev–Trinajstić information content (AvgIpc) is 2.18. The summed E-state index contributed by atoms with van der Waals surface area (Å²) in [6.45, 7) is 4.27. The third-order valence-corrected chi connectivity index (χ3v) is 2.70. The summed E-state index contributed by atoms with van der Waals surface area (Å²) in [5.41, 5.74) is 0.639. The van der Waals surface area contributed by atoms with Crippen LogP contribution in [0, 0.1) is 5.92 Å². The highest BCUT2D eigenvalue weighted by Crippen LogP contribution is 2.29. The Kier molecular flexibility index (Phi) is 4.63. The molecule has 0 heterocycles. The smallest absolute Gasteiger partial charge is 0.121 e. The van der Waals surface area contributed by atoms with Crippen LogP contribution in [0.1, 0.15) is 44.8 Å². The number of para-hydroxylation sites is 1. The highest BCUT2D eigenvalue weighted by Gasteiger charge is 2.14. The topological polar surface area (TPSA) is 40.5 Å². The fourth-order valence-electron chi connectivity index (χ4n) is 1.89. The number of aliphatic hydroxyl groups is 1. The molecule has 0 saturated heterocycles. The lowest BCUT2D eigenvalue weighted by Gasteiger charge is -2.16. The van der Waals surface area contributed by atoms with Crippen molar-refractivity contribution in [3.63, 3.8) is 0 Å². The van der Waals surface area contributed by atoms with Gasteiger partial charge in [0.05, 0.1) is 6.10 Å². The Balaban J connectivity index is 2.61. The normalized spacial score (nSPS) is 14.9. The average molecular weight is 208 g/mol. The molecule has 2 N–H and O–H groups in total. The summed E-state index contributed by atoms with van der Waals surface area (Å²) >= 11 is 0. The predicted octanol–water partition coefficient (Wildman–Crippen LogP) is 3.25. The van der Waals surface area contributed by atoms with Crippen LogP contribution in [0.5, 0.6) is 5.75 Å². The molecule has 2 nitrogen and oxygen atoms in total. The molecule has 1 rings (SSSR count). The molecule has 0 fully saturated rings. The Morgan fingerprint density at radius 1 is 1.27 bits per heavy atom. The first-order chi connectivity index (χ1) is 7.15. The zero-order chi connectivity index (χ0) is 11.3. The maximum Gasteiger partial charge on any atom is 0.121 e. The molecule has 0 aromatic heterocycles. The van der Waals surface area contributed by atoms with E-state index < -0.39 is 6.10 Å². The number of aromatic hydroxyl groups is 1. The van der Waals surface area contributed by atoms with Gasteiger partial charge in [-0.05, 0) is 18.4 Å². The molecule has 0 aliphatic rings. The molecule has 0 amide bonds. The van der Waals surface area contributed by atoms with Crippen molar-refractivity contribution in [2.24, 2.45) is 5.92 Å². The van der Waals surface area contributed by atoms with Gasteiger partial charge in [-0.15, -0.1) is 0 Å². The molecule has 0 bridgehead atoms. The monoisotopic (exact) mass is 208 g/mol. The molecule has 0 saturated carbocycles. The SMILES string of the molecule is CCCC(C)CC(O)c1ccccc1O. The molecule has 2 unspecified atom stereocenters. The van der Waals surface area contributed by atoms with Gasteiger partial charge in [0, 0.05) is 5.56 Å². The van der Waals surface area contributed by atoms with E-state index in [0.717, 1.165) is 12.8 Å². The molecule has 0 spiro atoms. The van der Waals surface area contributed by atoms with Crippen LogP contribution >= 0.6 is 0 Å². The standard InChI is InChI=1S/C13H20O2/c1-3-6-10(2)9-13(15)11-7-4-5-8-12(11)14/h4-5,7-8,10,13-15H,3,6,9H2,1-2H3. The summed E-state index contributed by atoms with van der Waals surface area (Å²) in [6.07, 6.45) is 2.41. The van der Waals surface area contributed by atoms with E-state index in [1.807, 2.05) is 6.07 Å². The van der Waals surface area contributed by atoms with Gasteiger partial charge in [-0.1, -0.05) is 44.9 Å². The number of hydrogen-bond donors (Lipinski definition) is 2. The Bertz CT molecular complexity index is 296. The molecule has 2 atom stereocenters. The second-order valence-corrected chi connectivity index (χ2v) is 4.20. The van der Waals surface area contributed by atoms with E-state index in [-0.39, 0.29) is 5.75 Å². The van der Waals surface area contributed by atoms with Gasteiger partial charge in [0.25, 0.3) is 0 Å². The van der Waals surface area contributed by atoms with Gasteiger partial charge in [-0.25, -0.2) is 0 Å². The third kappa shape index (κ3) is 3.56. The number of phenols is 1. The van der Waals surface area contributed by atoms with Gasteiger partial charge in [-0.2, -0.15) is 0 Å². The minimum absolute atomic E-state index is 0.189. The molecule has 84 valence electrons. The van der Waals surface area contributed by atoms with Crippen LogP contribution in [-0.2, 0) is 0 Å². The van der Waals surface area contributed by atoms with E-state index >= 15 is 0 Å². The molecule has 1 aromatic rings. The van der Waals surface area contributed by atoms with Crippen LogP contribution < -0.4 is 0 Å². The molecule has 15 heavy (non-hydrogen) atoms. The lowest BCUT2D eigenvalue weighted by atomic mass is 9.94. The van der Waals surface area contributed by atoms with E-state index in [1.165, 1.54) is 0 Å². The number of hydrogen-bond acceptors (Lipinski definition) is 2. The molecule has 0 aliphatic heterocycles. The highest BCUT2D eigenvalue weighted by atomic mass is 16.3. The summed E-state index contributed by atoms with van der Waals surface area (Å²) in [6, 6.07) is 6.99. The Morgan fingerprint density at radius 2 is 1.93 bits per heavy atom. The van der Waals surface area contributed by atoms with E-state index in [0.29, 0.717) is 17.9 Å². The summed E-state index contributed by atoms with van der Waals surface area (Å²) in [4.78, 5) is 0. The second kappa shape index (κ2) is 5.76. The lowest BCUT2D eigenvalue weighted by molar-refractivity contribution is 0.142. The molecule has 1 aromatic carbocycles. The molecular formula is C13H20O2. The van der Waals surface area contributed by atoms with Gasteiger partial charge < -0.3 is 10.2 Å². The summed E-state index contributed by atoms with van der Waals surface area (Å²) in [5, 5.41) is 19.5. The van der Waals surface area contributed by atoms with Crippen LogP contribution in [0.3, 0.4) is 0 Å². The summed E-state index contributed by atoms with van der Waals surface area (Å²) in [5.74, 6) is 0.679. The molecule has 0 aliphatic carbocycles. The van der Waals surface area contributed by atoms with E-state index in [2.05, 4.69) is 13.8 Å². The summed E-state index contributed by atoms with van der Waals surface area (Å²) in [7, 11) is 0. The van der Waals surface area contributed by atoms with Crippen molar-refractivity contribution in [3.8, 4) is 5.75 Å². The Labute approximate surface area is 91.6 Å². The van der Waals surface area contributed by atoms with Crippen LogP contribution in [-0.4, -0.2) is 10.2 Å². The summed E-state index contributed by atoms with van der Waals surface area (Å²) < 4.78 is 0. The quantitative estimate of drug-likeness (QED) is 0.779. The zero-order valence-corrected chi connectivity index (χ0v) is 9.48. The van der Waals surface area contributed by atoms with Crippen LogP contribution in [0.4, 0.5) is 0 Å². The molecular weight excluding hydrogens is 188 g/mol. The predicted molar refractivity (Wildman–Crippen MR) is 61.8 cm³/mol. The number of phenolic OH excluding ortho intramolecular Hbond substituents is 1. The number of aliphatic hydroxyl groups excluding tert-OH is 1. The number of benzene rings is 1. The lowest BCUT2D eigenvalue weighted by Crippen LogP contribution is -2.04. The Morgan fingerprint density at radius 3 is 2.53 bits per heavy atom. The maximum atomic E-state index is 9.94. The van der Waals surface area contributed by atoms with Crippen molar-refractivity contribution in [1.82, 2.24) is 0 Å². The molecule has 0 radical (unpaired) electrons. The fraction of sp³-hybridized carbons (Fsp3) is 0.538. The van der Waals surface area contributed by atoms with Gasteiger partial charge >= 0.3 is 0 Å². The van der Waals surface area contributed by atoms with Crippen LogP contribution in [0.25, 0.3) is 0 Å². The maximum absolute atomic E-state index is 9.94. The van der Waals surface area contributed by atoms with E-state index in [4.69, 9.17) is 0 Å².